The van der Waals surface area contributed by atoms with Gasteiger partial charge in [0.1, 0.15) is 0 Å². The highest BCUT2D eigenvalue weighted by Gasteiger charge is 2.27. The molecule has 1 saturated heterocycles. The molecule has 6 heteroatoms. The average Bonchev–Trinajstić information content (AvgIpc) is 2.47. The molecule has 0 aromatic heterocycles. The highest BCUT2D eigenvalue weighted by Crippen LogP contribution is 2.18. The third-order valence-electron chi connectivity index (χ3n) is 3.91. The highest BCUT2D eigenvalue weighted by atomic mass is 16.2. The number of nitrogens with one attached hydrogen (secondary N) is 3. The molecule has 2 unspecified atom stereocenters. The molecule has 0 aliphatic carbocycles. The molecule has 6 nitrogen and oxygen atoms in total. The first kappa shape index (κ1) is 17.9. The van der Waals surface area contributed by atoms with Gasteiger partial charge in [-0.05, 0) is 58.7 Å². The van der Waals surface area contributed by atoms with Crippen LogP contribution in [0.2, 0.25) is 0 Å². The molecule has 3 N–H and O–H groups in total. The first-order valence-electron chi connectivity index (χ1n) is 8.11. The molecule has 0 aromatic rings. The van der Waals surface area contributed by atoms with Gasteiger partial charge in [-0.15, -0.1) is 0 Å². The molecule has 21 heavy (non-hydrogen) atoms. The minimum absolute atomic E-state index is 0.219. The van der Waals surface area contributed by atoms with Crippen molar-refractivity contribution in [1.29, 1.82) is 0 Å². The van der Waals surface area contributed by atoms with Gasteiger partial charge in [-0.25, -0.2) is 4.79 Å². The van der Waals surface area contributed by atoms with E-state index in [1.807, 2.05) is 13.8 Å². The molecule has 0 radical (unpaired) electrons. The Labute approximate surface area is 128 Å². The molecule has 1 rings (SSSR count). The Balaban J connectivity index is 2.39. The number of hydrogen-bond donors (Lipinski definition) is 3. The Morgan fingerprint density at radius 2 is 2.10 bits per heavy atom. The van der Waals surface area contributed by atoms with Gasteiger partial charge < -0.3 is 10.6 Å². The summed E-state index contributed by atoms with van der Waals surface area (Å²) in [4.78, 5) is 25.7. The number of piperidine rings is 1. The summed E-state index contributed by atoms with van der Waals surface area (Å²) in [7, 11) is 0. The Kier molecular flexibility index (Phi) is 8.30. The molecular formula is C15H30N4O2. The first-order valence-corrected chi connectivity index (χ1v) is 8.11. The van der Waals surface area contributed by atoms with Crippen LogP contribution >= 0.6 is 0 Å². The van der Waals surface area contributed by atoms with Crippen LogP contribution < -0.4 is 16.0 Å². The summed E-state index contributed by atoms with van der Waals surface area (Å²) in [6, 6.07) is -0.672. The number of urea groups is 1. The van der Waals surface area contributed by atoms with Crippen LogP contribution in [-0.4, -0.2) is 55.6 Å². The summed E-state index contributed by atoms with van der Waals surface area (Å²) in [5.41, 5.74) is 0. The first-order chi connectivity index (χ1) is 10.1. The molecule has 1 aliphatic heterocycles. The second kappa shape index (κ2) is 9.73. The van der Waals surface area contributed by atoms with Crippen molar-refractivity contribution in [2.75, 3.05) is 32.7 Å². The standard InChI is InChI=1S/C15H30N4O2/c1-4-8-16-10-13-7-6-9-19(11-13)12(3)14(20)18-15(21)17-5-2/h12-13,16H,4-11H2,1-3H3,(H2,17,18,20,21). The van der Waals surface area contributed by atoms with Gasteiger partial charge in [0.05, 0.1) is 6.04 Å². The molecule has 2 atom stereocenters. The predicted molar refractivity (Wildman–Crippen MR) is 84.1 cm³/mol. The van der Waals surface area contributed by atoms with E-state index in [1.165, 1.54) is 6.42 Å². The van der Waals surface area contributed by atoms with Crippen molar-refractivity contribution in [3.63, 3.8) is 0 Å². The van der Waals surface area contributed by atoms with Crippen molar-refractivity contribution in [3.05, 3.63) is 0 Å². The van der Waals surface area contributed by atoms with Gasteiger partial charge in [0.2, 0.25) is 5.91 Å². The summed E-state index contributed by atoms with van der Waals surface area (Å²) >= 11 is 0. The van der Waals surface area contributed by atoms with E-state index in [0.717, 1.165) is 39.0 Å². The van der Waals surface area contributed by atoms with Gasteiger partial charge in [-0.1, -0.05) is 6.92 Å². The number of amides is 3. The predicted octanol–water partition coefficient (Wildman–Crippen LogP) is 0.932. The highest BCUT2D eigenvalue weighted by molar-refractivity contribution is 5.96. The summed E-state index contributed by atoms with van der Waals surface area (Å²) in [6.45, 7) is 10.3. The molecule has 0 bridgehead atoms. The molecule has 1 heterocycles. The fraction of sp³-hybridized carbons (Fsp3) is 0.867. The van der Waals surface area contributed by atoms with Crippen molar-refractivity contribution >= 4 is 11.9 Å². The van der Waals surface area contributed by atoms with E-state index in [4.69, 9.17) is 0 Å². The normalized spacial score (nSPS) is 20.8. The Morgan fingerprint density at radius 3 is 2.76 bits per heavy atom. The van der Waals surface area contributed by atoms with Crippen LogP contribution in [0, 0.1) is 5.92 Å². The van der Waals surface area contributed by atoms with E-state index in [9.17, 15) is 9.59 Å². The number of rotatable bonds is 7. The van der Waals surface area contributed by atoms with Crippen molar-refractivity contribution in [2.45, 2.75) is 46.1 Å². The zero-order chi connectivity index (χ0) is 15.7. The largest absolute Gasteiger partial charge is 0.338 e. The van der Waals surface area contributed by atoms with E-state index in [-0.39, 0.29) is 11.9 Å². The second-order valence-corrected chi connectivity index (χ2v) is 5.73. The van der Waals surface area contributed by atoms with Crippen molar-refractivity contribution in [3.8, 4) is 0 Å². The Bertz CT molecular complexity index is 336. The minimum atomic E-state index is -0.410. The van der Waals surface area contributed by atoms with E-state index in [2.05, 4.69) is 27.8 Å². The van der Waals surface area contributed by atoms with Crippen molar-refractivity contribution < 1.29 is 9.59 Å². The van der Waals surface area contributed by atoms with Gasteiger partial charge in [0.25, 0.3) is 0 Å². The number of nitrogens with zero attached hydrogens (tertiary/aromatic N) is 1. The van der Waals surface area contributed by atoms with Crippen LogP contribution in [-0.2, 0) is 4.79 Å². The summed E-state index contributed by atoms with van der Waals surface area (Å²) < 4.78 is 0. The van der Waals surface area contributed by atoms with Crippen molar-refractivity contribution in [2.24, 2.45) is 5.92 Å². The maximum atomic E-state index is 12.1. The molecule has 1 aliphatic rings. The van der Waals surface area contributed by atoms with Crippen LogP contribution in [0.25, 0.3) is 0 Å². The summed E-state index contributed by atoms with van der Waals surface area (Å²) in [5.74, 6) is 0.369. The third kappa shape index (κ3) is 6.44. The van der Waals surface area contributed by atoms with Crippen LogP contribution in [0.5, 0.6) is 0 Å². The van der Waals surface area contributed by atoms with E-state index in [1.54, 1.807) is 0 Å². The lowest BCUT2D eigenvalue weighted by molar-refractivity contribution is -0.125. The fourth-order valence-electron chi connectivity index (χ4n) is 2.69. The molecule has 1 fully saturated rings. The lowest BCUT2D eigenvalue weighted by atomic mass is 9.96. The van der Waals surface area contributed by atoms with E-state index in [0.29, 0.717) is 12.5 Å². The smallest absolute Gasteiger partial charge is 0.321 e. The number of carbonyl (C=O) groups is 2. The molecule has 0 saturated carbocycles. The van der Waals surface area contributed by atoms with Gasteiger partial charge in [-0.2, -0.15) is 0 Å². The zero-order valence-corrected chi connectivity index (χ0v) is 13.6. The lowest BCUT2D eigenvalue weighted by Crippen LogP contribution is -2.52. The maximum absolute atomic E-state index is 12.1. The second-order valence-electron chi connectivity index (χ2n) is 5.73. The average molecular weight is 298 g/mol. The molecule has 122 valence electrons. The number of carbonyl (C=O) groups excluding carboxylic acids is 2. The summed E-state index contributed by atoms with van der Waals surface area (Å²) in [5, 5.41) is 8.43. The topological polar surface area (TPSA) is 73.5 Å². The van der Waals surface area contributed by atoms with Crippen LogP contribution in [0.15, 0.2) is 0 Å². The van der Waals surface area contributed by atoms with E-state index < -0.39 is 6.03 Å². The Morgan fingerprint density at radius 1 is 1.33 bits per heavy atom. The third-order valence-corrected chi connectivity index (χ3v) is 3.91. The Hall–Kier alpha value is -1.14. The molecule has 0 spiro atoms. The van der Waals surface area contributed by atoms with Crippen molar-refractivity contribution in [1.82, 2.24) is 20.9 Å². The number of imide groups is 1. The lowest BCUT2D eigenvalue weighted by Gasteiger charge is -2.36. The molecular weight excluding hydrogens is 268 g/mol. The molecule has 3 amide bonds. The van der Waals surface area contributed by atoms with E-state index >= 15 is 0 Å². The van der Waals surface area contributed by atoms with Gasteiger partial charge in [-0.3, -0.25) is 15.0 Å². The van der Waals surface area contributed by atoms with Gasteiger partial charge in [0, 0.05) is 13.1 Å². The van der Waals surface area contributed by atoms with Gasteiger partial charge in [0.15, 0.2) is 0 Å². The maximum Gasteiger partial charge on any atom is 0.321 e. The molecule has 0 aromatic carbocycles. The minimum Gasteiger partial charge on any atom is -0.338 e. The SMILES string of the molecule is CCCNCC1CCCN(C(C)C(=O)NC(=O)NCC)C1. The zero-order valence-electron chi connectivity index (χ0n) is 13.6. The van der Waals surface area contributed by atoms with Crippen LogP contribution in [0.3, 0.4) is 0 Å². The number of likely N-dealkylation sites (tertiary alicyclic amines) is 1. The summed E-state index contributed by atoms with van der Waals surface area (Å²) in [6.07, 6.45) is 3.46. The van der Waals surface area contributed by atoms with Crippen LogP contribution in [0.4, 0.5) is 4.79 Å². The van der Waals surface area contributed by atoms with Crippen LogP contribution in [0.1, 0.15) is 40.0 Å². The van der Waals surface area contributed by atoms with Gasteiger partial charge >= 0.3 is 6.03 Å². The number of hydrogen-bond acceptors (Lipinski definition) is 4. The quantitative estimate of drug-likeness (QED) is 0.611. The fourth-order valence-corrected chi connectivity index (χ4v) is 2.69. The monoisotopic (exact) mass is 298 g/mol.